The number of alkyl halides is 2. The number of amides is 1. The zero-order valence-corrected chi connectivity index (χ0v) is 12.8. The van der Waals surface area contributed by atoms with Gasteiger partial charge < -0.3 is 9.47 Å². The van der Waals surface area contributed by atoms with E-state index < -0.39 is 35.6 Å². The van der Waals surface area contributed by atoms with Crippen LogP contribution in [0.15, 0.2) is 42.5 Å². The van der Waals surface area contributed by atoms with E-state index in [9.17, 15) is 18.4 Å². The number of likely N-dealkylation sites (tertiary alicyclic amines) is 1. The van der Waals surface area contributed by atoms with Crippen LogP contribution in [0.5, 0.6) is 0 Å². The molecule has 1 amide bonds. The largest absolute Gasteiger partial charge is 0.467 e. The molecule has 23 heavy (non-hydrogen) atoms. The molecule has 1 aromatic carbocycles. The predicted octanol–water partition coefficient (Wildman–Crippen LogP) is 2.76. The molecule has 0 aliphatic carbocycles. The summed E-state index contributed by atoms with van der Waals surface area (Å²) in [5, 5.41) is 0. The van der Waals surface area contributed by atoms with Crippen molar-refractivity contribution in [2.45, 2.75) is 25.0 Å². The van der Waals surface area contributed by atoms with Gasteiger partial charge in [0.1, 0.15) is 6.61 Å². The highest BCUT2D eigenvalue weighted by molar-refractivity contribution is 5.89. The number of carbonyl (C=O) groups excluding carboxylic acids is 2. The molecule has 2 rings (SSSR count). The van der Waals surface area contributed by atoms with Crippen molar-refractivity contribution in [2.75, 3.05) is 13.7 Å². The Morgan fingerprint density at radius 2 is 1.91 bits per heavy atom. The maximum atomic E-state index is 14.3. The molecule has 1 aromatic rings. The summed E-state index contributed by atoms with van der Waals surface area (Å²) in [4.78, 5) is 24.8. The first-order valence-corrected chi connectivity index (χ1v) is 6.88. The maximum Gasteiger partial charge on any atom is 0.411 e. The van der Waals surface area contributed by atoms with Gasteiger partial charge in [0.15, 0.2) is 0 Å². The highest BCUT2D eigenvalue weighted by Crippen LogP contribution is 2.46. The van der Waals surface area contributed by atoms with E-state index >= 15 is 0 Å². The van der Waals surface area contributed by atoms with Crippen LogP contribution in [0.2, 0.25) is 0 Å². The molecule has 1 heterocycles. The number of benzene rings is 1. The van der Waals surface area contributed by atoms with Gasteiger partial charge in [0.05, 0.1) is 13.7 Å². The van der Waals surface area contributed by atoms with Crippen molar-refractivity contribution >= 4 is 12.1 Å². The van der Waals surface area contributed by atoms with Crippen LogP contribution in [-0.4, -0.2) is 42.1 Å². The van der Waals surface area contributed by atoms with Crippen LogP contribution >= 0.6 is 0 Å². The summed E-state index contributed by atoms with van der Waals surface area (Å²) in [6, 6.07) is 8.76. The van der Waals surface area contributed by atoms with Crippen LogP contribution in [0, 0.1) is 0 Å². The molecule has 5 nitrogen and oxygen atoms in total. The van der Waals surface area contributed by atoms with E-state index in [1.165, 1.54) is 0 Å². The number of methoxy groups -OCH3 is 1. The number of halogens is 2. The van der Waals surface area contributed by atoms with Crippen molar-refractivity contribution in [1.29, 1.82) is 0 Å². The number of ether oxygens (including phenoxy) is 2. The number of hydrogen-bond donors (Lipinski definition) is 0. The van der Waals surface area contributed by atoms with Crippen LogP contribution < -0.4 is 0 Å². The Balaban J connectivity index is 2.21. The third-order valence-electron chi connectivity index (χ3n) is 3.95. The van der Waals surface area contributed by atoms with Crippen molar-refractivity contribution in [3.8, 4) is 0 Å². The van der Waals surface area contributed by atoms with Gasteiger partial charge in [-0.1, -0.05) is 36.9 Å². The second kappa shape index (κ2) is 5.98. The molecule has 0 bridgehead atoms. The number of hydrogen-bond acceptors (Lipinski definition) is 4. The first-order valence-electron chi connectivity index (χ1n) is 6.88. The molecule has 0 aromatic heterocycles. The van der Waals surface area contributed by atoms with Crippen molar-refractivity contribution in [3.63, 3.8) is 0 Å². The van der Waals surface area contributed by atoms with Crippen LogP contribution in [0.4, 0.5) is 13.6 Å². The number of nitrogens with zero attached hydrogens (tertiary/aromatic N) is 1. The molecule has 0 radical (unpaired) electrons. The lowest BCUT2D eigenvalue weighted by atomic mass is 9.93. The molecule has 1 aliphatic rings. The van der Waals surface area contributed by atoms with Crippen molar-refractivity contribution < 1.29 is 27.8 Å². The van der Waals surface area contributed by atoms with Crippen molar-refractivity contribution in [1.82, 2.24) is 4.90 Å². The standard InChI is InChI=1S/C16H17F2NO4/c1-11-9-19(15(2,13(20)22-3)16(11,17)18)14(21)23-10-12-7-5-4-6-8-12/h4-8H,1,9-10H2,2-3H3. The Labute approximate surface area is 132 Å². The lowest BCUT2D eigenvalue weighted by molar-refractivity contribution is -0.167. The van der Waals surface area contributed by atoms with E-state index in [1.807, 2.05) is 0 Å². The number of rotatable bonds is 3. The Bertz CT molecular complexity index is 632. The SMILES string of the molecule is C=C1CN(C(=O)OCc2ccccc2)C(C)(C(=O)OC)C1(F)F. The highest BCUT2D eigenvalue weighted by atomic mass is 19.3. The summed E-state index contributed by atoms with van der Waals surface area (Å²) in [5.74, 6) is -4.83. The fraction of sp³-hybridized carbons (Fsp3) is 0.375. The maximum absolute atomic E-state index is 14.3. The molecular weight excluding hydrogens is 308 g/mol. The fourth-order valence-corrected chi connectivity index (χ4v) is 2.44. The summed E-state index contributed by atoms with van der Waals surface area (Å²) in [7, 11) is 0.984. The molecule has 1 atom stereocenters. The Kier molecular flexibility index (Phi) is 4.40. The van der Waals surface area contributed by atoms with Gasteiger partial charge in [0, 0.05) is 5.57 Å². The molecule has 7 heteroatoms. The second-order valence-electron chi connectivity index (χ2n) is 5.37. The average molecular weight is 325 g/mol. The topological polar surface area (TPSA) is 55.8 Å². The van der Waals surface area contributed by atoms with Gasteiger partial charge in [0.25, 0.3) is 0 Å². The molecular formula is C16H17F2NO4. The van der Waals surface area contributed by atoms with Crippen molar-refractivity contribution in [2.24, 2.45) is 0 Å². The molecule has 1 aliphatic heterocycles. The van der Waals surface area contributed by atoms with Gasteiger partial charge in [-0.25, -0.2) is 9.59 Å². The van der Waals surface area contributed by atoms with Crippen molar-refractivity contribution in [3.05, 3.63) is 48.0 Å². The zero-order valence-electron chi connectivity index (χ0n) is 12.8. The van der Waals surface area contributed by atoms with E-state index in [1.54, 1.807) is 30.3 Å². The quantitative estimate of drug-likeness (QED) is 0.633. The average Bonchev–Trinajstić information content (AvgIpc) is 2.74. The van der Waals surface area contributed by atoms with Gasteiger partial charge in [-0.05, 0) is 12.5 Å². The highest BCUT2D eigenvalue weighted by Gasteiger charge is 2.68. The third kappa shape index (κ3) is 2.67. The smallest absolute Gasteiger partial charge is 0.411 e. The molecule has 1 saturated heterocycles. The van der Waals surface area contributed by atoms with Gasteiger partial charge in [-0.3, -0.25) is 4.90 Å². The number of esters is 1. The van der Waals surface area contributed by atoms with Crippen LogP contribution in [0.1, 0.15) is 12.5 Å². The van der Waals surface area contributed by atoms with E-state index in [0.717, 1.165) is 14.0 Å². The monoisotopic (exact) mass is 325 g/mol. The third-order valence-corrected chi connectivity index (χ3v) is 3.95. The lowest BCUT2D eigenvalue weighted by Gasteiger charge is -2.34. The first-order chi connectivity index (χ1) is 10.7. The van der Waals surface area contributed by atoms with E-state index in [-0.39, 0.29) is 6.61 Å². The summed E-state index contributed by atoms with van der Waals surface area (Å²) in [5.41, 5.74) is -2.32. The molecule has 0 N–H and O–H groups in total. The zero-order chi connectivity index (χ0) is 17.3. The second-order valence-corrected chi connectivity index (χ2v) is 5.37. The van der Waals surface area contributed by atoms with Crippen LogP contribution in [0.3, 0.4) is 0 Å². The first kappa shape index (κ1) is 16.9. The summed E-state index contributed by atoms with van der Waals surface area (Å²) in [6.45, 7) is 3.64. The number of carbonyl (C=O) groups is 2. The molecule has 1 unspecified atom stereocenters. The van der Waals surface area contributed by atoms with Gasteiger partial charge in [-0.15, -0.1) is 0 Å². The summed E-state index contributed by atoms with van der Waals surface area (Å²) < 4.78 is 38.2. The van der Waals surface area contributed by atoms with E-state index in [0.29, 0.717) is 10.5 Å². The van der Waals surface area contributed by atoms with Crippen LogP contribution in [-0.2, 0) is 20.9 Å². The minimum Gasteiger partial charge on any atom is -0.467 e. The fourth-order valence-electron chi connectivity index (χ4n) is 2.44. The normalized spacial score (nSPS) is 22.8. The molecule has 0 spiro atoms. The Morgan fingerprint density at radius 3 is 2.48 bits per heavy atom. The predicted molar refractivity (Wildman–Crippen MR) is 77.8 cm³/mol. The molecule has 124 valence electrons. The Hall–Kier alpha value is -2.44. The van der Waals surface area contributed by atoms with Crippen LogP contribution in [0.25, 0.3) is 0 Å². The van der Waals surface area contributed by atoms with Gasteiger partial charge >= 0.3 is 18.0 Å². The Morgan fingerprint density at radius 1 is 1.30 bits per heavy atom. The van der Waals surface area contributed by atoms with E-state index in [2.05, 4.69) is 11.3 Å². The minimum atomic E-state index is -3.61. The van der Waals surface area contributed by atoms with Gasteiger partial charge in [0.2, 0.25) is 5.54 Å². The molecule has 1 fully saturated rings. The minimum absolute atomic E-state index is 0.0918. The lowest BCUT2D eigenvalue weighted by Crippen LogP contribution is -2.59. The summed E-state index contributed by atoms with van der Waals surface area (Å²) in [6.07, 6.45) is -1.03. The molecule has 0 saturated carbocycles. The summed E-state index contributed by atoms with van der Waals surface area (Å²) >= 11 is 0. The van der Waals surface area contributed by atoms with Gasteiger partial charge in [-0.2, -0.15) is 8.78 Å². The van der Waals surface area contributed by atoms with E-state index in [4.69, 9.17) is 4.74 Å².